The van der Waals surface area contributed by atoms with Gasteiger partial charge in [-0.3, -0.25) is 0 Å². The summed E-state index contributed by atoms with van der Waals surface area (Å²) >= 11 is 3.65. The number of hydrogen-bond acceptors (Lipinski definition) is 3. The van der Waals surface area contributed by atoms with Crippen LogP contribution < -0.4 is 18.9 Å². The van der Waals surface area contributed by atoms with Gasteiger partial charge in [0.25, 0.3) is 0 Å². The molecule has 0 aromatic carbocycles. The zero-order chi connectivity index (χ0) is 3.58. The smallest absolute Gasteiger partial charge is 1.00 e. The predicted octanol–water partition coefficient (Wildman–Crippen LogP) is -3.00. The summed E-state index contributed by atoms with van der Waals surface area (Å²) < 4.78 is 16.3. The van der Waals surface area contributed by atoms with Crippen LogP contribution in [0.4, 0.5) is 0 Å². The Morgan fingerprint density at radius 3 is 2.00 bits per heavy atom. The van der Waals surface area contributed by atoms with Crippen LogP contribution in [0.5, 0.6) is 0 Å². The molecule has 2 nitrogen and oxygen atoms in total. The molecule has 0 fully saturated rings. The van der Waals surface area contributed by atoms with Crippen molar-refractivity contribution in [1.82, 2.24) is 0 Å². The van der Waals surface area contributed by atoms with E-state index in [9.17, 15) is 0 Å². The van der Waals surface area contributed by atoms with Crippen molar-refractivity contribution < 1.29 is 29.0 Å². The Bertz CT molecular complexity index is 59.9. The van der Waals surface area contributed by atoms with Crippen molar-refractivity contribution in [1.29, 1.82) is 0 Å². The van der Waals surface area contributed by atoms with E-state index in [2.05, 4.69) is 11.2 Å². The average Bonchev–Trinajstić information content (AvgIpc) is 0.811. The molecule has 0 heterocycles. The Labute approximate surface area is 50.1 Å². The van der Waals surface area contributed by atoms with Gasteiger partial charge in [0.15, 0.2) is 0 Å². The molecule has 0 atom stereocenters. The zero-order valence-corrected chi connectivity index (χ0v) is 4.30. The van der Waals surface area contributed by atoms with Crippen molar-refractivity contribution >= 4 is 20.8 Å². The van der Waals surface area contributed by atoms with E-state index in [1.54, 1.807) is 0 Å². The van der Waals surface area contributed by atoms with Gasteiger partial charge in [-0.15, -0.1) is 0 Å². The molecular formula is H2LiO2S2-. The fourth-order valence-electron chi connectivity index (χ4n) is 0. The van der Waals surface area contributed by atoms with E-state index in [0.717, 1.165) is 0 Å². The Kier molecular flexibility index (Phi) is 9.19. The van der Waals surface area contributed by atoms with Crippen molar-refractivity contribution in [2.45, 2.75) is 0 Å². The van der Waals surface area contributed by atoms with Gasteiger partial charge in [0.1, 0.15) is 0 Å². The molecule has 0 amide bonds. The summed E-state index contributed by atoms with van der Waals surface area (Å²) in [5.74, 6) is 0. The molecule has 0 aromatic rings. The first-order chi connectivity index (χ1) is 1.73. The summed E-state index contributed by atoms with van der Waals surface area (Å²) in [6.45, 7) is 0. The molecule has 0 aliphatic heterocycles. The molecule has 0 aromatic heterocycles. The third kappa shape index (κ3) is 49.1. The average molecular weight is 105 g/mol. The molecule has 0 bridgehead atoms. The quantitative estimate of drug-likeness (QED) is 0.203. The van der Waals surface area contributed by atoms with E-state index in [0.29, 0.717) is 0 Å². The first kappa shape index (κ1) is 9.33. The molecule has 0 unspecified atom stereocenters. The third-order valence-corrected chi connectivity index (χ3v) is 0. The fraction of sp³-hybridized carbons (Fsp3) is 0. The zero-order valence-electron chi connectivity index (χ0n) is 3.67. The standard InChI is InChI=1S/Li.HO2S2.H/c;1-4(2)3;/h;(H,1,2,3);/q+1;2*-1. The van der Waals surface area contributed by atoms with Crippen molar-refractivity contribution in [3.8, 4) is 0 Å². The maximum atomic E-state index is 8.93. The predicted molar refractivity (Wildman–Crippen MR) is 19.2 cm³/mol. The van der Waals surface area contributed by atoms with Crippen molar-refractivity contribution in [2.75, 3.05) is 0 Å². The maximum absolute atomic E-state index is 8.93. The van der Waals surface area contributed by atoms with Crippen LogP contribution in [0.25, 0.3) is 0 Å². The van der Waals surface area contributed by atoms with Gasteiger partial charge in [-0.2, -0.15) is 0 Å². The molecule has 0 radical (unpaired) electrons. The van der Waals surface area contributed by atoms with E-state index in [4.69, 9.17) is 8.76 Å². The SMILES string of the molecule is O=[S-](O)=S.[H-].[Li+]. The minimum Gasteiger partial charge on any atom is -1.00 e. The first-order valence-electron chi connectivity index (χ1n) is 0.516. The molecule has 0 rings (SSSR count). The van der Waals surface area contributed by atoms with Crippen LogP contribution in [0, 0.1) is 0 Å². The van der Waals surface area contributed by atoms with Gasteiger partial charge in [0.2, 0.25) is 0 Å². The van der Waals surface area contributed by atoms with E-state index >= 15 is 0 Å². The van der Waals surface area contributed by atoms with Gasteiger partial charge in [-0.1, -0.05) is 9.64 Å². The van der Waals surface area contributed by atoms with Crippen LogP contribution in [0.3, 0.4) is 0 Å². The largest absolute Gasteiger partial charge is 1.00 e. The summed E-state index contributed by atoms with van der Waals surface area (Å²) in [6, 6.07) is 0. The van der Waals surface area contributed by atoms with E-state index < -0.39 is 9.64 Å². The van der Waals surface area contributed by atoms with E-state index in [1.165, 1.54) is 0 Å². The van der Waals surface area contributed by atoms with Crippen LogP contribution in [0.15, 0.2) is 0 Å². The van der Waals surface area contributed by atoms with Crippen LogP contribution in [-0.4, -0.2) is 4.55 Å². The third-order valence-electron chi connectivity index (χ3n) is 0. The van der Waals surface area contributed by atoms with Gasteiger partial charge < -0.3 is 10.2 Å². The molecule has 0 saturated carbocycles. The molecule has 0 spiro atoms. The minimum atomic E-state index is -2.03. The van der Waals surface area contributed by atoms with Crippen LogP contribution in [0.1, 0.15) is 1.43 Å². The summed E-state index contributed by atoms with van der Waals surface area (Å²) in [4.78, 5) is 0. The van der Waals surface area contributed by atoms with E-state index in [-0.39, 0.29) is 20.3 Å². The van der Waals surface area contributed by atoms with Crippen molar-refractivity contribution in [2.24, 2.45) is 0 Å². The maximum Gasteiger partial charge on any atom is 1.00 e. The Balaban J connectivity index is -0.0000000450. The summed E-state index contributed by atoms with van der Waals surface area (Å²) in [5, 5.41) is 0. The van der Waals surface area contributed by atoms with Crippen molar-refractivity contribution in [3.05, 3.63) is 0 Å². The number of rotatable bonds is 0. The summed E-state index contributed by atoms with van der Waals surface area (Å²) in [7, 11) is -2.03. The van der Waals surface area contributed by atoms with Gasteiger partial charge in [0.05, 0.1) is 0 Å². The monoisotopic (exact) mass is 105 g/mol. The Morgan fingerprint density at radius 2 is 2.00 bits per heavy atom. The second-order valence-corrected chi connectivity index (χ2v) is 1.51. The normalized spacial score (nSPS) is 6.80. The van der Waals surface area contributed by atoms with Gasteiger partial charge >= 0.3 is 18.9 Å². The second-order valence-electron chi connectivity index (χ2n) is 0.217. The molecular weight excluding hydrogens is 103 g/mol. The molecule has 5 heavy (non-hydrogen) atoms. The molecule has 0 aliphatic carbocycles. The molecule has 0 saturated heterocycles. The molecule has 1 N–H and O–H groups in total. The van der Waals surface area contributed by atoms with Crippen molar-refractivity contribution in [3.63, 3.8) is 0 Å². The second kappa shape index (κ2) is 4.93. The van der Waals surface area contributed by atoms with Gasteiger partial charge in [-0.25, -0.2) is 11.2 Å². The van der Waals surface area contributed by atoms with Gasteiger partial charge in [-0.05, 0) is 0 Å². The van der Waals surface area contributed by atoms with Gasteiger partial charge in [0, 0.05) is 0 Å². The van der Waals surface area contributed by atoms with Crippen LogP contribution in [-0.2, 0) is 25.0 Å². The van der Waals surface area contributed by atoms with E-state index in [1.807, 2.05) is 0 Å². The topological polar surface area (TPSA) is 37.3 Å². The summed E-state index contributed by atoms with van der Waals surface area (Å²) in [6.07, 6.45) is 0. The van der Waals surface area contributed by atoms with Crippen LogP contribution in [0.2, 0.25) is 0 Å². The first-order valence-corrected chi connectivity index (χ1v) is 2.55. The fourth-order valence-corrected chi connectivity index (χ4v) is 0. The molecule has 28 valence electrons. The molecule has 5 heteroatoms. The Hall–Kier alpha value is 0.927. The minimum absolute atomic E-state index is 0. The summed E-state index contributed by atoms with van der Waals surface area (Å²) in [5.41, 5.74) is 0. The van der Waals surface area contributed by atoms with Crippen LogP contribution >= 0.6 is 0 Å². The molecule has 0 aliphatic rings. The Morgan fingerprint density at radius 1 is 2.00 bits per heavy atom. The number of hydrogen-bond donors (Lipinski definition) is 1.